The molecule has 438 valence electrons. The van der Waals surface area contributed by atoms with E-state index in [0.717, 1.165) is 96.3 Å². The van der Waals surface area contributed by atoms with Crippen LogP contribution in [0.4, 0.5) is 0 Å². The van der Waals surface area contributed by atoms with Crippen molar-refractivity contribution in [3.05, 3.63) is 48.6 Å². The average Bonchev–Trinajstić information content (AvgIpc) is 3.41. The molecule has 0 N–H and O–H groups in total. The SMILES string of the molecule is CC/C=C\C/C=C\C/C=C\C/C=C\CCCCCCC(=O)OC(COC(=O)CCCCCCCCCCCCCC)COC(=O)CCCCCCCCCCCCCCCCCCCCCCCCCCCCCC. The highest BCUT2D eigenvalue weighted by molar-refractivity contribution is 5.71. The lowest BCUT2D eigenvalue weighted by atomic mass is 10.0. The van der Waals surface area contributed by atoms with Gasteiger partial charge in [0.05, 0.1) is 0 Å². The molecule has 0 aromatic carbocycles. The number of carbonyl (C=O) groups is 3. The van der Waals surface area contributed by atoms with E-state index in [-0.39, 0.29) is 31.1 Å². The molecule has 6 nitrogen and oxygen atoms in total. The summed E-state index contributed by atoms with van der Waals surface area (Å²) >= 11 is 0. The minimum atomic E-state index is -0.783. The van der Waals surface area contributed by atoms with Gasteiger partial charge in [-0.2, -0.15) is 0 Å². The number of unbranched alkanes of at least 4 members (excludes halogenated alkanes) is 42. The van der Waals surface area contributed by atoms with Gasteiger partial charge in [0.1, 0.15) is 13.2 Å². The molecule has 0 bridgehead atoms. The van der Waals surface area contributed by atoms with Gasteiger partial charge in [-0.1, -0.05) is 326 Å². The van der Waals surface area contributed by atoms with Crippen molar-refractivity contribution < 1.29 is 28.6 Å². The highest BCUT2D eigenvalue weighted by Gasteiger charge is 2.19. The van der Waals surface area contributed by atoms with Crippen LogP contribution in [-0.4, -0.2) is 37.2 Å². The van der Waals surface area contributed by atoms with Crippen LogP contribution in [0.1, 0.15) is 355 Å². The Morgan fingerprint density at radius 1 is 0.280 bits per heavy atom. The first-order chi connectivity index (χ1) is 37.0. The van der Waals surface area contributed by atoms with Crippen molar-refractivity contribution in [3.8, 4) is 0 Å². The van der Waals surface area contributed by atoms with Crippen LogP contribution in [0.3, 0.4) is 0 Å². The molecule has 0 spiro atoms. The summed E-state index contributed by atoms with van der Waals surface area (Å²) in [6.45, 7) is 6.56. The monoisotopic (exact) mass is 1050 g/mol. The van der Waals surface area contributed by atoms with E-state index in [4.69, 9.17) is 14.2 Å². The van der Waals surface area contributed by atoms with Gasteiger partial charge in [-0.25, -0.2) is 0 Å². The first-order valence-corrected chi connectivity index (χ1v) is 33.1. The molecule has 0 radical (unpaired) electrons. The normalized spacial score (nSPS) is 12.3. The molecule has 0 rings (SSSR count). The summed E-state index contributed by atoms with van der Waals surface area (Å²) in [6, 6.07) is 0. The number of ether oxygens (including phenoxy) is 3. The first kappa shape index (κ1) is 72.4. The van der Waals surface area contributed by atoms with Crippen LogP contribution in [0.25, 0.3) is 0 Å². The molecule has 0 aromatic rings. The number of carbonyl (C=O) groups excluding carboxylic acids is 3. The predicted octanol–water partition coefficient (Wildman–Crippen LogP) is 22.6. The molecule has 0 aliphatic rings. The van der Waals surface area contributed by atoms with Gasteiger partial charge in [-0.15, -0.1) is 0 Å². The molecule has 0 heterocycles. The zero-order valence-electron chi connectivity index (χ0n) is 50.3. The minimum absolute atomic E-state index is 0.0785. The average molecular weight is 1050 g/mol. The molecule has 1 atom stereocenters. The molecule has 75 heavy (non-hydrogen) atoms. The van der Waals surface area contributed by atoms with Crippen molar-refractivity contribution in [3.63, 3.8) is 0 Å². The topological polar surface area (TPSA) is 78.9 Å². The predicted molar refractivity (Wildman–Crippen MR) is 325 cm³/mol. The van der Waals surface area contributed by atoms with Crippen LogP contribution < -0.4 is 0 Å². The molecule has 0 aromatic heterocycles. The molecule has 0 aliphatic heterocycles. The third-order valence-corrected chi connectivity index (χ3v) is 14.8. The lowest BCUT2D eigenvalue weighted by Crippen LogP contribution is -2.30. The van der Waals surface area contributed by atoms with Gasteiger partial charge in [0, 0.05) is 19.3 Å². The van der Waals surface area contributed by atoms with Crippen molar-refractivity contribution in [1.29, 1.82) is 0 Å². The van der Waals surface area contributed by atoms with Gasteiger partial charge >= 0.3 is 17.9 Å². The number of hydrogen-bond donors (Lipinski definition) is 0. The zero-order chi connectivity index (χ0) is 54.3. The second-order valence-corrected chi connectivity index (χ2v) is 22.4. The maximum atomic E-state index is 12.9. The molecule has 6 heteroatoms. The van der Waals surface area contributed by atoms with Gasteiger partial charge in [0.25, 0.3) is 0 Å². The van der Waals surface area contributed by atoms with E-state index in [1.807, 2.05) is 0 Å². The Hall–Kier alpha value is -2.63. The Balaban J connectivity index is 4.19. The van der Waals surface area contributed by atoms with E-state index in [1.54, 1.807) is 0 Å². The fourth-order valence-electron chi connectivity index (χ4n) is 9.91. The van der Waals surface area contributed by atoms with Gasteiger partial charge < -0.3 is 14.2 Å². The number of esters is 3. The van der Waals surface area contributed by atoms with Crippen LogP contribution in [0.15, 0.2) is 48.6 Å². The largest absolute Gasteiger partial charge is 0.462 e. The maximum Gasteiger partial charge on any atom is 0.306 e. The molecule has 1 unspecified atom stereocenters. The Labute approximate surface area is 467 Å². The van der Waals surface area contributed by atoms with E-state index >= 15 is 0 Å². The maximum absolute atomic E-state index is 12.9. The lowest BCUT2D eigenvalue weighted by molar-refractivity contribution is -0.167. The molecule has 0 saturated carbocycles. The summed E-state index contributed by atoms with van der Waals surface area (Å²) in [5.74, 6) is -0.881. The third kappa shape index (κ3) is 62.1. The number of hydrogen-bond acceptors (Lipinski definition) is 6. The van der Waals surface area contributed by atoms with Crippen molar-refractivity contribution in [2.24, 2.45) is 0 Å². The van der Waals surface area contributed by atoms with E-state index in [2.05, 4.69) is 69.4 Å². The fourth-order valence-corrected chi connectivity index (χ4v) is 9.91. The van der Waals surface area contributed by atoms with Crippen molar-refractivity contribution >= 4 is 17.9 Å². The van der Waals surface area contributed by atoms with Gasteiger partial charge in [-0.05, 0) is 57.8 Å². The number of rotatable bonds is 61. The van der Waals surface area contributed by atoms with Crippen LogP contribution >= 0.6 is 0 Å². The smallest absolute Gasteiger partial charge is 0.306 e. The second-order valence-electron chi connectivity index (χ2n) is 22.4. The van der Waals surface area contributed by atoms with E-state index in [9.17, 15) is 14.4 Å². The summed E-state index contributed by atoms with van der Waals surface area (Å²) < 4.78 is 16.9. The van der Waals surface area contributed by atoms with E-state index in [0.29, 0.717) is 19.3 Å². The molecular formula is C69H126O6. The molecule has 0 aliphatic carbocycles. The summed E-state index contributed by atoms with van der Waals surface area (Å²) in [5.41, 5.74) is 0. The van der Waals surface area contributed by atoms with Gasteiger partial charge in [-0.3, -0.25) is 14.4 Å². The van der Waals surface area contributed by atoms with Crippen LogP contribution in [-0.2, 0) is 28.6 Å². The van der Waals surface area contributed by atoms with Crippen molar-refractivity contribution in [2.75, 3.05) is 13.2 Å². The van der Waals surface area contributed by atoms with Gasteiger partial charge in [0.2, 0.25) is 0 Å². The summed E-state index contributed by atoms with van der Waals surface area (Å²) in [6.07, 6.45) is 80.0. The zero-order valence-corrected chi connectivity index (χ0v) is 50.3. The Kier molecular flexibility index (Phi) is 61.7. The lowest BCUT2D eigenvalue weighted by Gasteiger charge is -2.18. The molecule has 0 saturated heterocycles. The quantitative estimate of drug-likeness (QED) is 0.0261. The minimum Gasteiger partial charge on any atom is -0.462 e. The standard InChI is InChI=1S/C69H126O6/c1-4-7-10-13-16-19-22-25-27-29-30-31-32-33-34-35-36-37-38-39-41-42-44-47-50-53-56-59-62-68(71)74-65-66(64-73-67(70)61-58-55-52-49-46-24-21-18-15-12-9-6-3)75-69(72)63-60-57-54-51-48-45-43-40-28-26-23-20-17-14-11-8-5-2/h8,11,17,20,26,28,43,45,66H,4-7,9-10,12-16,18-19,21-25,27,29-42,44,46-65H2,1-3H3/b11-8-,20-17-,28-26-,45-43-. The van der Waals surface area contributed by atoms with Crippen molar-refractivity contribution in [1.82, 2.24) is 0 Å². The summed E-state index contributed by atoms with van der Waals surface area (Å²) in [4.78, 5) is 38.3. The highest BCUT2D eigenvalue weighted by Crippen LogP contribution is 2.18. The Bertz CT molecular complexity index is 1300. The third-order valence-electron chi connectivity index (χ3n) is 14.8. The van der Waals surface area contributed by atoms with Crippen LogP contribution in [0.2, 0.25) is 0 Å². The van der Waals surface area contributed by atoms with Crippen LogP contribution in [0.5, 0.6) is 0 Å². The Morgan fingerprint density at radius 3 is 0.813 bits per heavy atom. The number of allylic oxidation sites excluding steroid dienone is 8. The van der Waals surface area contributed by atoms with Gasteiger partial charge in [0.15, 0.2) is 6.10 Å². The Morgan fingerprint density at radius 2 is 0.520 bits per heavy atom. The van der Waals surface area contributed by atoms with E-state index in [1.165, 1.54) is 218 Å². The molecule has 0 amide bonds. The highest BCUT2D eigenvalue weighted by atomic mass is 16.6. The molecule has 0 fully saturated rings. The summed E-state index contributed by atoms with van der Waals surface area (Å²) in [5, 5.41) is 0. The van der Waals surface area contributed by atoms with E-state index < -0.39 is 6.10 Å². The molecular weight excluding hydrogens is 925 g/mol. The second kappa shape index (κ2) is 63.9. The first-order valence-electron chi connectivity index (χ1n) is 33.1. The summed E-state index contributed by atoms with van der Waals surface area (Å²) in [7, 11) is 0. The van der Waals surface area contributed by atoms with Crippen molar-refractivity contribution in [2.45, 2.75) is 361 Å². The fraction of sp³-hybridized carbons (Fsp3) is 0.841. The van der Waals surface area contributed by atoms with Crippen LogP contribution in [0, 0.1) is 0 Å².